The highest BCUT2D eigenvalue weighted by Crippen LogP contribution is 2.29. The van der Waals surface area contributed by atoms with E-state index in [4.69, 9.17) is 5.26 Å². The molecule has 0 aliphatic heterocycles. The number of halogens is 3. The standard InChI is InChI=1S/C7H5F3N4O/c1-15-5-2-4(7(8,9)10)13-6(14-5)12-3-11/h2H,1H3,(H,12,13,14). The number of hydrogen-bond donors (Lipinski definition) is 1. The fraction of sp³-hybridized carbons (Fsp3) is 0.286. The Hall–Kier alpha value is -2.04. The van der Waals surface area contributed by atoms with Gasteiger partial charge in [-0.15, -0.1) is 0 Å². The minimum absolute atomic E-state index is 0.268. The van der Waals surface area contributed by atoms with Gasteiger partial charge in [0.25, 0.3) is 0 Å². The van der Waals surface area contributed by atoms with E-state index in [2.05, 4.69) is 14.7 Å². The van der Waals surface area contributed by atoms with Gasteiger partial charge in [-0.05, 0) is 0 Å². The number of rotatable bonds is 2. The van der Waals surface area contributed by atoms with Crippen molar-refractivity contribution in [2.45, 2.75) is 6.18 Å². The van der Waals surface area contributed by atoms with Crippen LogP contribution < -0.4 is 10.1 Å². The summed E-state index contributed by atoms with van der Waals surface area (Å²) in [5, 5.41) is 10.1. The number of hydrogen-bond acceptors (Lipinski definition) is 5. The summed E-state index contributed by atoms with van der Waals surface area (Å²) in [7, 11) is 1.17. The molecule has 1 aromatic rings. The topological polar surface area (TPSA) is 70.8 Å². The van der Waals surface area contributed by atoms with Crippen molar-refractivity contribution in [3.8, 4) is 12.1 Å². The van der Waals surface area contributed by atoms with Crippen LogP contribution in [-0.4, -0.2) is 17.1 Å². The normalized spacial score (nSPS) is 10.6. The number of nitriles is 1. The molecule has 0 fully saturated rings. The Kier molecular flexibility index (Phi) is 2.94. The average Bonchev–Trinajstić information content (AvgIpc) is 2.16. The first kappa shape index (κ1) is 11.0. The molecule has 1 rings (SSSR count). The summed E-state index contributed by atoms with van der Waals surface area (Å²) in [4.78, 5) is 6.58. The van der Waals surface area contributed by atoms with Crippen molar-refractivity contribution < 1.29 is 17.9 Å². The Bertz CT molecular complexity index is 398. The molecule has 0 spiro atoms. The van der Waals surface area contributed by atoms with Gasteiger partial charge in [-0.1, -0.05) is 0 Å². The molecule has 15 heavy (non-hydrogen) atoms. The molecule has 0 radical (unpaired) electrons. The van der Waals surface area contributed by atoms with Crippen molar-refractivity contribution in [2.75, 3.05) is 12.4 Å². The van der Waals surface area contributed by atoms with Crippen LogP contribution in [0.2, 0.25) is 0 Å². The third kappa shape index (κ3) is 2.70. The molecular weight excluding hydrogens is 213 g/mol. The van der Waals surface area contributed by atoms with Crippen LogP contribution in [0.15, 0.2) is 6.07 Å². The molecule has 5 nitrogen and oxygen atoms in total. The summed E-state index contributed by atoms with van der Waals surface area (Å²) < 4.78 is 41.3. The van der Waals surface area contributed by atoms with Crippen LogP contribution >= 0.6 is 0 Å². The third-order valence-corrected chi connectivity index (χ3v) is 1.37. The van der Waals surface area contributed by atoms with Crippen molar-refractivity contribution >= 4 is 5.95 Å². The van der Waals surface area contributed by atoms with E-state index in [1.165, 1.54) is 13.3 Å². The van der Waals surface area contributed by atoms with Gasteiger partial charge < -0.3 is 4.74 Å². The molecule has 0 atom stereocenters. The van der Waals surface area contributed by atoms with Gasteiger partial charge in [-0.2, -0.15) is 23.4 Å². The monoisotopic (exact) mass is 218 g/mol. The first-order chi connectivity index (χ1) is 6.97. The van der Waals surface area contributed by atoms with E-state index in [0.717, 1.165) is 0 Å². The first-order valence-corrected chi connectivity index (χ1v) is 3.62. The second kappa shape index (κ2) is 4.00. The van der Waals surface area contributed by atoms with Gasteiger partial charge in [-0.25, -0.2) is 4.98 Å². The summed E-state index contributed by atoms with van der Waals surface area (Å²) in [6.07, 6.45) is -3.19. The van der Waals surface area contributed by atoms with Crippen LogP contribution in [0.3, 0.4) is 0 Å². The van der Waals surface area contributed by atoms with E-state index in [-0.39, 0.29) is 5.88 Å². The van der Waals surface area contributed by atoms with Crippen LogP contribution in [0.25, 0.3) is 0 Å². The zero-order valence-electron chi connectivity index (χ0n) is 7.46. The summed E-state index contributed by atoms with van der Waals surface area (Å²) in [6.45, 7) is 0. The lowest BCUT2D eigenvalue weighted by molar-refractivity contribution is -0.141. The van der Waals surface area contributed by atoms with Gasteiger partial charge >= 0.3 is 6.18 Å². The molecule has 0 amide bonds. The molecule has 0 aliphatic rings. The fourth-order valence-corrected chi connectivity index (χ4v) is 0.781. The van der Waals surface area contributed by atoms with E-state index >= 15 is 0 Å². The Morgan fingerprint density at radius 2 is 2.13 bits per heavy atom. The molecule has 1 N–H and O–H groups in total. The average molecular weight is 218 g/mol. The van der Waals surface area contributed by atoms with E-state index in [0.29, 0.717) is 6.07 Å². The Balaban J connectivity index is 3.18. The van der Waals surface area contributed by atoms with Gasteiger partial charge in [0.2, 0.25) is 11.8 Å². The van der Waals surface area contributed by atoms with E-state index < -0.39 is 17.8 Å². The number of aromatic nitrogens is 2. The number of nitrogens with zero attached hydrogens (tertiary/aromatic N) is 3. The predicted octanol–water partition coefficient (Wildman–Crippen LogP) is 1.40. The molecule has 1 aromatic heterocycles. The van der Waals surface area contributed by atoms with E-state index in [1.54, 1.807) is 0 Å². The van der Waals surface area contributed by atoms with Crippen molar-refractivity contribution in [1.29, 1.82) is 5.26 Å². The van der Waals surface area contributed by atoms with Gasteiger partial charge in [0.15, 0.2) is 11.9 Å². The number of alkyl halides is 3. The highest BCUT2D eigenvalue weighted by atomic mass is 19.4. The van der Waals surface area contributed by atoms with Crippen molar-refractivity contribution in [3.63, 3.8) is 0 Å². The molecule has 0 aliphatic carbocycles. The molecule has 0 aromatic carbocycles. The highest BCUT2D eigenvalue weighted by molar-refractivity contribution is 5.35. The van der Waals surface area contributed by atoms with Gasteiger partial charge in [0.1, 0.15) is 0 Å². The Morgan fingerprint density at radius 3 is 2.60 bits per heavy atom. The largest absolute Gasteiger partial charge is 0.481 e. The van der Waals surface area contributed by atoms with Gasteiger partial charge in [0, 0.05) is 6.07 Å². The Labute approximate surface area is 82.5 Å². The predicted molar refractivity (Wildman–Crippen MR) is 42.8 cm³/mol. The van der Waals surface area contributed by atoms with Crippen LogP contribution in [0.4, 0.5) is 19.1 Å². The minimum atomic E-state index is -4.61. The molecular formula is C7H5F3N4O. The zero-order valence-corrected chi connectivity index (χ0v) is 7.46. The fourth-order valence-electron chi connectivity index (χ4n) is 0.781. The van der Waals surface area contributed by atoms with Gasteiger partial charge in [0.05, 0.1) is 7.11 Å². The summed E-state index contributed by atoms with van der Waals surface area (Å²) in [6, 6.07) is 0.641. The number of methoxy groups -OCH3 is 1. The summed E-state index contributed by atoms with van der Waals surface area (Å²) >= 11 is 0. The lowest BCUT2D eigenvalue weighted by Crippen LogP contribution is -2.11. The quantitative estimate of drug-likeness (QED) is 0.600. The number of nitrogens with one attached hydrogen (secondary N) is 1. The third-order valence-electron chi connectivity index (χ3n) is 1.37. The molecule has 0 saturated carbocycles. The molecule has 0 bridgehead atoms. The van der Waals surface area contributed by atoms with Crippen molar-refractivity contribution in [2.24, 2.45) is 0 Å². The number of ether oxygens (including phenoxy) is 1. The lowest BCUT2D eigenvalue weighted by atomic mass is 10.4. The maximum absolute atomic E-state index is 12.3. The van der Waals surface area contributed by atoms with E-state index in [1.807, 2.05) is 5.32 Å². The van der Waals surface area contributed by atoms with Crippen LogP contribution in [-0.2, 0) is 6.18 Å². The molecule has 80 valence electrons. The second-order valence-corrected chi connectivity index (χ2v) is 2.35. The highest BCUT2D eigenvalue weighted by Gasteiger charge is 2.33. The first-order valence-electron chi connectivity index (χ1n) is 3.62. The molecule has 0 unspecified atom stereocenters. The second-order valence-electron chi connectivity index (χ2n) is 2.35. The SMILES string of the molecule is COc1cc(C(F)(F)F)nc(NC#N)n1. The van der Waals surface area contributed by atoms with E-state index in [9.17, 15) is 13.2 Å². The molecule has 1 heterocycles. The minimum Gasteiger partial charge on any atom is -0.481 e. The smallest absolute Gasteiger partial charge is 0.433 e. The zero-order chi connectivity index (χ0) is 11.5. The molecule has 0 saturated heterocycles. The number of anilines is 1. The molecule has 8 heteroatoms. The maximum atomic E-state index is 12.3. The lowest BCUT2D eigenvalue weighted by Gasteiger charge is -2.08. The van der Waals surface area contributed by atoms with Crippen molar-refractivity contribution in [3.05, 3.63) is 11.8 Å². The summed E-state index contributed by atoms with van der Waals surface area (Å²) in [5.41, 5.74) is -1.17. The van der Waals surface area contributed by atoms with Crippen LogP contribution in [0.5, 0.6) is 5.88 Å². The van der Waals surface area contributed by atoms with Gasteiger partial charge in [-0.3, -0.25) is 5.32 Å². The van der Waals surface area contributed by atoms with Crippen LogP contribution in [0, 0.1) is 11.5 Å². The Morgan fingerprint density at radius 1 is 1.47 bits per heavy atom. The maximum Gasteiger partial charge on any atom is 0.433 e. The van der Waals surface area contributed by atoms with Crippen LogP contribution in [0.1, 0.15) is 5.69 Å². The summed E-state index contributed by atoms with van der Waals surface area (Å²) in [5.74, 6) is -0.723. The van der Waals surface area contributed by atoms with Crippen molar-refractivity contribution in [1.82, 2.24) is 9.97 Å².